The van der Waals surface area contributed by atoms with Crippen molar-refractivity contribution in [3.63, 3.8) is 0 Å². The Morgan fingerprint density at radius 3 is 1.78 bits per heavy atom. The zero-order valence-electron chi connectivity index (χ0n) is 20.7. The fraction of sp³-hybridized carbons (Fsp3) is 0.379. The molecule has 0 heterocycles. The quantitative estimate of drug-likeness (QED) is 0.341. The number of aryl methyl sites for hydroxylation is 2. The van der Waals surface area contributed by atoms with Crippen LogP contribution in [0.5, 0.6) is 11.5 Å². The van der Waals surface area contributed by atoms with Crippen LogP contribution >= 0.6 is 0 Å². The maximum Gasteiger partial charge on any atom is 0.124 e. The summed E-state index contributed by atoms with van der Waals surface area (Å²) < 4.78 is 11.3. The Balaban J connectivity index is 2.15. The normalized spacial score (nSPS) is 11.3. The highest BCUT2D eigenvalue weighted by Gasteiger charge is 2.23. The Morgan fingerprint density at radius 1 is 0.719 bits per heavy atom. The lowest BCUT2D eigenvalue weighted by atomic mass is 9.78. The maximum atomic E-state index is 5.70. The number of rotatable bonds is 9. The molecule has 3 aromatic carbocycles. The predicted molar refractivity (Wildman–Crippen MR) is 136 cm³/mol. The fourth-order valence-corrected chi connectivity index (χ4v) is 4.23. The Kier molecular flexibility index (Phi) is 7.50. The van der Waals surface area contributed by atoms with Gasteiger partial charge < -0.3 is 14.4 Å². The van der Waals surface area contributed by atoms with Gasteiger partial charge >= 0.3 is 0 Å². The van der Waals surface area contributed by atoms with Crippen molar-refractivity contribution < 1.29 is 9.47 Å². The van der Waals surface area contributed by atoms with Gasteiger partial charge in [-0.1, -0.05) is 52.0 Å². The first-order valence-electron chi connectivity index (χ1n) is 11.6. The third kappa shape index (κ3) is 4.62. The van der Waals surface area contributed by atoms with Crippen molar-refractivity contribution in [2.75, 3.05) is 19.1 Å². The van der Waals surface area contributed by atoms with Gasteiger partial charge in [0.2, 0.25) is 0 Å². The van der Waals surface area contributed by atoms with E-state index in [4.69, 9.17) is 9.47 Å². The van der Waals surface area contributed by atoms with Gasteiger partial charge in [-0.15, -0.1) is 0 Å². The van der Waals surface area contributed by atoms with E-state index in [9.17, 15) is 0 Å². The van der Waals surface area contributed by atoms with E-state index in [1.54, 1.807) is 14.2 Å². The largest absolute Gasteiger partial charge is 0.496 e. The summed E-state index contributed by atoms with van der Waals surface area (Å²) in [7, 11) is 3.46. The van der Waals surface area contributed by atoms with Crippen LogP contribution in [0.3, 0.4) is 0 Å². The van der Waals surface area contributed by atoms with Crippen LogP contribution in [0.2, 0.25) is 0 Å². The molecule has 0 N–H and O–H groups in total. The molecule has 0 aliphatic heterocycles. The summed E-state index contributed by atoms with van der Waals surface area (Å²) in [6.07, 6.45) is 3.18. The highest BCUT2D eigenvalue weighted by molar-refractivity contribution is 5.78. The number of benzene rings is 3. The standard InChI is InChI=1S/C29H37NO2/c1-8-22-12-16-26(20-28(22)32-7)30(25-15-11-21(4)27(19-25)31-6)24-17-13-23(14-18-24)29(5,9-2)10-3/h11-20H,8-10H2,1-7H3. The van der Waals surface area contributed by atoms with Crippen LogP contribution < -0.4 is 14.4 Å². The molecule has 0 aromatic heterocycles. The van der Waals surface area contributed by atoms with Crippen LogP contribution in [0.1, 0.15) is 57.2 Å². The number of anilines is 3. The first-order valence-corrected chi connectivity index (χ1v) is 11.6. The SMILES string of the molecule is CCc1ccc(N(c2ccc(C(C)(CC)CC)cc2)c2ccc(C)c(OC)c2)cc1OC. The summed E-state index contributed by atoms with van der Waals surface area (Å²) in [6, 6.07) is 21.8. The second-order valence-corrected chi connectivity index (χ2v) is 8.65. The Morgan fingerprint density at radius 2 is 1.25 bits per heavy atom. The van der Waals surface area contributed by atoms with E-state index in [2.05, 4.69) is 100 Å². The zero-order chi connectivity index (χ0) is 23.3. The molecule has 0 unspecified atom stereocenters. The van der Waals surface area contributed by atoms with E-state index in [0.717, 1.165) is 53.4 Å². The topological polar surface area (TPSA) is 21.7 Å². The summed E-state index contributed by atoms with van der Waals surface area (Å²) in [5.74, 6) is 1.79. The molecule has 0 spiro atoms. The van der Waals surface area contributed by atoms with Crippen molar-refractivity contribution in [2.45, 2.75) is 59.3 Å². The monoisotopic (exact) mass is 431 g/mol. The Bertz CT molecular complexity index is 1040. The number of hydrogen-bond donors (Lipinski definition) is 0. The first kappa shape index (κ1) is 23.7. The number of hydrogen-bond acceptors (Lipinski definition) is 3. The number of ether oxygens (including phenoxy) is 2. The number of methoxy groups -OCH3 is 2. The molecule has 0 atom stereocenters. The van der Waals surface area contributed by atoms with E-state index in [0.29, 0.717) is 0 Å². The summed E-state index contributed by atoms with van der Waals surface area (Å²) in [5.41, 5.74) is 7.13. The third-order valence-corrected chi connectivity index (χ3v) is 6.94. The summed E-state index contributed by atoms with van der Waals surface area (Å²) in [6.45, 7) is 11.1. The van der Waals surface area contributed by atoms with Gasteiger partial charge in [-0.05, 0) is 72.6 Å². The molecule has 0 radical (unpaired) electrons. The van der Waals surface area contributed by atoms with Crippen LogP contribution in [-0.2, 0) is 11.8 Å². The summed E-state index contributed by atoms with van der Waals surface area (Å²) >= 11 is 0. The second-order valence-electron chi connectivity index (χ2n) is 8.65. The summed E-state index contributed by atoms with van der Waals surface area (Å²) in [4.78, 5) is 2.27. The molecule has 0 aliphatic carbocycles. The van der Waals surface area contributed by atoms with Crippen LogP contribution in [0, 0.1) is 6.92 Å². The van der Waals surface area contributed by atoms with Gasteiger partial charge in [0.15, 0.2) is 0 Å². The highest BCUT2D eigenvalue weighted by atomic mass is 16.5. The molecular formula is C29H37NO2. The molecule has 170 valence electrons. The van der Waals surface area contributed by atoms with Crippen molar-refractivity contribution in [1.82, 2.24) is 0 Å². The molecule has 0 aliphatic rings. The van der Waals surface area contributed by atoms with Crippen molar-refractivity contribution in [3.8, 4) is 11.5 Å². The van der Waals surface area contributed by atoms with Crippen molar-refractivity contribution >= 4 is 17.1 Å². The summed E-state index contributed by atoms with van der Waals surface area (Å²) in [5, 5.41) is 0. The molecule has 0 saturated heterocycles. The predicted octanol–water partition coefficient (Wildman–Crippen LogP) is 8.12. The minimum Gasteiger partial charge on any atom is -0.496 e. The molecule has 3 nitrogen and oxygen atoms in total. The van der Waals surface area contributed by atoms with Crippen LogP contribution in [0.4, 0.5) is 17.1 Å². The Hall–Kier alpha value is -2.94. The molecule has 3 aromatic rings. The molecular weight excluding hydrogens is 394 g/mol. The van der Waals surface area contributed by atoms with Gasteiger partial charge in [0.05, 0.1) is 14.2 Å². The van der Waals surface area contributed by atoms with Crippen molar-refractivity contribution in [1.29, 1.82) is 0 Å². The number of nitrogens with zero attached hydrogens (tertiary/aromatic N) is 1. The van der Waals surface area contributed by atoms with Gasteiger partial charge in [0.1, 0.15) is 11.5 Å². The molecule has 0 amide bonds. The zero-order valence-corrected chi connectivity index (χ0v) is 20.7. The molecule has 0 fully saturated rings. The maximum absolute atomic E-state index is 5.70. The molecule has 3 rings (SSSR count). The first-order chi connectivity index (χ1) is 15.4. The van der Waals surface area contributed by atoms with Crippen molar-refractivity contribution in [2.24, 2.45) is 0 Å². The Labute approximate surface area is 194 Å². The lowest BCUT2D eigenvalue weighted by Crippen LogP contribution is -2.19. The second kappa shape index (κ2) is 10.1. The molecule has 32 heavy (non-hydrogen) atoms. The van der Waals surface area contributed by atoms with E-state index >= 15 is 0 Å². The molecule has 0 bridgehead atoms. The smallest absolute Gasteiger partial charge is 0.124 e. The van der Waals surface area contributed by atoms with Gasteiger partial charge in [-0.2, -0.15) is 0 Å². The van der Waals surface area contributed by atoms with Gasteiger partial charge in [-0.3, -0.25) is 0 Å². The van der Waals surface area contributed by atoms with E-state index in [1.807, 2.05) is 0 Å². The van der Waals surface area contributed by atoms with Crippen LogP contribution in [0.15, 0.2) is 60.7 Å². The highest BCUT2D eigenvalue weighted by Crippen LogP contribution is 2.40. The average Bonchev–Trinajstić information content (AvgIpc) is 2.84. The van der Waals surface area contributed by atoms with E-state index < -0.39 is 0 Å². The minimum atomic E-state index is 0.197. The van der Waals surface area contributed by atoms with Gasteiger partial charge in [-0.25, -0.2) is 0 Å². The fourth-order valence-electron chi connectivity index (χ4n) is 4.23. The van der Waals surface area contributed by atoms with Crippen LogP contribution in [0.25, 0.3) is 0 Å². The van der Waals surface area contributed by atoms with Crippen molar-refractivity contribution in [3.05, 3.63) is 77.4 Å². The molecule has 3 heteroatoms. The van der Waals surface area contributed by atoms with Gasteiger partial charge in [0.25, 0.3) is 0 Å². The minimum absolute atomic E-state index is 0.197. The van der Waals surface area contributed by atoms with Gasteiger partial charge in [0, 0.05) is 29.2 Å². The lowest BCUT2D eigenvalue weighted by molar-refractivity contribution is 0.410. The average molecular weight is 432 g/mol. The van der Waals surface area contributed by atoms with E-state index in [-0.39, 0.29) is 5.41 Å². The third-order valence-electron chi connectivity index (χ3n) is 6.94. The van der Waals surface area contributed by atoms with Crippen LogP contribution in [-0.4, -0.2) is 14.2 Å². The van der Waals surface area contributed by atoms with E-state index in [1.165, 1.54) is 11.1 Å². The molecule has 0 saturated carbocycles. The lowest BCUT2D eigenvalue weighted by Gasteiger charge is -2.30.